The summed E-state index contributed by atoms with van der Waals surface area (Å²) < 4.78 is 29.9. The summed E-state index contributed by atoms with van der Waals surface area (Å²) in [5, 5.41) is 3.03. The molecule has 2 aromatic rings. The fourth-order valence-corrected chi connectivity index (χ4v) is 2.36. The summed E-state index contributed by atoms with van der Waals surface area (Å²) in [6.07, 6.45) is -0.270. The summed E-state index contributed by atoms with van der Waals surface area (Å²) in [5.41, 5.74) is 6.66. The number of aliphatic imine (C=N–C) groups is 1. The minimum atomic E-state index is -0.345. The first-order valence-corrected chi connectivity index (χ1v) is 8.90. The lowest BCUT2D eigenvalue weighted by Crippen LogP contribution is -2.26. The second-order valence-electron chi connectivity index (χ2n) is 5.76. The fourth-order valence-electron chi connectivity index (χ4n) is 2.36. The van der Waals surface area contributed by atoms with Crippen LogP contribution in [0.3, 0.4) is 0 Å². The van der Waals surface area contributed by atoms with Crippen LogP contribution in [0.15, 0.2) is 47.5 Å². The minimum absolute atomic E-state index is 0. The van der Waals surface area contributed by atoms with Gasteiger partial charge in [0.15, 0.2) is 5.96 Å². The molecule has 0 aliphatic rings. The zero-order valence-corrected chi connectivity index (χ0v) is 18.6. The van der Waals surface area contributed by atoms with Crippen LogP contribution >= 0.6 is 24.0 Å². The maximum Gasteiger partial charge on any atom is 0.193 e. The Balaban J connectivity index is 0.00000392. The number of rotatable bonds is 9. The number of nitrogens with zero attached hydrogens (tertiary/aromatic N) is 1. The maximum absolute atomic E-state index is 13.2. The Bertz CT molecular complexity index is 774. The molecular weight excluding hydrogens is 476 g/mol. The van der Waals surface area contributed by atoms with E-state index in [0.717, 1.165) is 0 Å². The van der Waals surface area contributed by atoms with E-state index in [2.05, 4.69) is 10.3 Å². The Morgan fingerprint density at radius 1 is 1.11 bits per heavy atom. The number of hydrogen-bond acceptors (Lipinski definition) is 4. The van der Waals surface area contributed by atoms with Crippen LogP contribution in [-0.2, 0) is 0 Å². The summed E-state index contributed by atoms with van der Waals surface area (Å²) in [6.45, 7) is 7.06. The molecule has 3 N–H and O–H groups in total. The van der Waals surface area contributed by atoms with Crippen LogP contribution in [0.1, 0.15) is 20.8 Å². The Morgan fingerprint density at radius 2 is 1.86 bits per heavy atom. The number of nitrogens with one attached hydrogen (secondary N) is 1. The van der Waals surface area contributed by atoms with Gasteiger partial charge in [-0.15, -0.1) is 24.0 Å². The molecular formula is C20H27FIN3O3. The number of hydrogen-bond donors (Lipinski definition) is 2. The van der Waals surface area contributed by atoms with Crippen LogP contribution in [0.4, 0.5) is 10.1 Å². The largest absolute Gasteiger partial charge is 0.494 e. The molecule has 0 saturated carbocycles. The first-order valence-electron chi connectivity index (χ1n) is 8.90. The first kappa shape index (κ1) is 23.8. The number of halogens is 2. The number of nitrogens with two attached hydrogens (primary N) is 1. The van der Waals surface area contributed by atoms with Gasteiger partial charge in [-0.25, -0.2) is 9.38 Å². The van der Waals surface area contributed by atoms with Gasteiger partial charge in [0.05, 0.1) is 25.4 Å². The number of benzene rings is 2. The van der Waals surface area contributed by atoms with Crippen LogP contribution in [0.5, 0.6) is 17.2 Å². The van der Waals surface area contributed by atoms with Gasteiger partial charge in [-0.05, 0) is 45.0 Å². The molecule has 0 spiro atoms. The summed E-state index contributed by atoms with van der Waals surface area (Å²) in [6, 6.07) is 11.4. The van der Waals surface area contributed by atoms with Crippen LogP contribution < -0.4 is 25.3 Å². The zero-order valence-electron chi connectivity index (χ0n) is 16.3. The Kier molecular flexibility index (Phi) is 10.4. The molecule has 2 aromatic carbocycles. The van der Waals surface area contributed by atoms with Gasteiger partial charge in [-0.1, -0.05) is 6.07 Å². The lowest BCUT2D eigenvalue weighted by Gasteiger charge is -2.15. The molecule has 0 radical (unpaired) electrons. The van der Waals surface area contributed by atoms with E-state index in [4.69, 9.17) is 19.9 Å². The van der Waals surface area contributed by atoms with Crippen LogP contribution in [-0.4, -0.2) is 31.8 Å². The molecule has 1 atom stereocenters. The van der Waals surface area contributed by atoms with Crippen molar-refractivity contribution in [2.24, 2.45) is 10.7 Å². The smallest absolute Gasteiger partial charge is 0.193 e. The topological polar surface area (TPSA) is 78.1 Å². The standard InChI is InChI=1S/C20H26FN3O3.HI/c1-4-25-16-9-10-19(26-5-2)18(12-16)24-20(22)23-13-14(3)27-17-8-6-7-15(21)11-17;/h6-12,14H,4-5,13H2,1-3H3,(H3,22,23,24);1H. The third-order valence-electron chi connectivity index (χ3n) is 3.48. The van der Waals surface area contributed by atoms with Gasteiger partial charge in [0.2, 0.25) is 0 Å². The van der Waals surface area contributed by atoms with Crippen molar-refractivity contribution in [3.05, 3.63) is 48.3 Å². The molecule has 0 fully saturated rings. The molecule has 0 amide bonds. The van der Waals surface area contributed by atoms with Crippen molar-refractivity contribution in [1.29, 1.82) is 0 Å². The second-order valence-corrected chi connectivity index (χ2v) is 5.76. The summed E-state index contributed by atoms with van der Waals surface area (Å²) in [5.74, 6) is 1.69. The van der Waals surface area contributed by atoms with Crippen LogP contribution in [0.25, 0.3) is 0 Å². The average Bonchev–Trinajstić information content (AvgIpc) is 2.62. The first-order chi connectivity index (χ1) is 13.0. The minimum Gasteiger partial charge on any atom is -0.494 e. The molecule has 0 aromatic heterocycles. The van der Waals surface area contributed by atoms with E-state index < -0.39 is 0 Å². The molecule has 0 saturated heterocycles. The van der Waals surface area contributed by atoms with Crippen molar-refractivity contribution in [2.75, 3.05) is 25.1 Å². The molecule has 0 aliphatic heterocycles. The molecule has 6 nitrogen and oxygen atoms in total. The number of guanidine groups is 1. The van der Waals surface area contributed by atoms with E-state index >= 15 is 0 Å². The van der Waals surface area contributed by atoms with Crippen molar-refractivity contribution in [3.8, 4) is 17.2 Å². The van der Waals surface area contributed by atoms with Crippen LogP contribution in [0, 0.1) is 5.82 Å². The normalized spacial score (nSPS) is 11.9. The second kappa shape index (κ2) is 12.3. The van der Waals surface area contributed by atoms with E-state index in [1.165, 1.54) is 12.1 Å². The molecule has 154 valence electrons. The monoisotopic (exact) mass is 503 g/mol. The van der Waals surface area contributed by atoms with E-state index in [-0.39, 0.29) is 41.9 Å². The SMILES string of the molecule is CCOc1ccc(OCC)c(NC(N)=NCC(C)Oc2cccc(F)c2)c1.I. The van der Waals surface area contributed by atoms with E-state index in [1.807, 2.05) is 39.0 Å². The highest BCUT2D eigenvalue weighted by Crippen LogP contribution is 2.29. The van der Waals surface area contributed by atoms with Gasteiger partial charge in [0.25, 0.3) is 0 Å². The summed E-state index contributed by atoms with van der Waals surface area (Å²) in [4.78, 5) is 4.28. The van der Waals surface area contributed by atoms with Crippen molar-refractivity contribution < 1.29 is 18.6 Å². The molecule has 8 heteroatoms. The fraction of sp³-hybridized carbons (Fsp3) is 0.350. The third-order valence-corrected chi connectivity index (χ3v) is 3.48. The Hall–Kier alpha value is -2.23. The van der Waals surface area contributed by atoms with E-state index in [1.54, 1.807) is 12.1 Å². The predicted molar refractivity (Wildman–Crippen MR) is 121 cm³/mol. The third kappa shape index (κ3) is 7.79. The lowest BCUT2D eigenvalue weighted by atomic mass is 10.2. The summed E-state index contributed by atoms with van der Waals surface area (Å²) in [7, 11) is 0. The van der Waals surface area contributed by atoms with Gasteiger partial charge >= 0.3 is 0 Å². The van der Waals surface area contributed by atoms with Crippen molar-refractivity contribution >= 4 is 35.6 Å². The molecule has 0 aliphatic carbocycles. The van der Waals surface area contributed by atoms with Gasteiger partial charge in [0.1, 0.15) is 29.2 Å². The quantitative estimate of drug-likeness (QED) is 0.301. The molecule has 0 bridgehead atoms. The number of anilines is 1. The maximum atomic E-state index is 13.2. The Labute approximate surface area is 182 Å². The predicted octanol–water partition coefficient (Wildman–Crippen LogP) is 4.44. The molecule has 1 unspecified atom stereocenters. The van der Waals surface area contributed by atoms with Gasteiger partial charge < -0.3 is 25.3 Å². The molecule has 2 rings (SSSR count). The molecule has 0 heterocycles. The zero-order chi connectivity index (χ0) is 19.6. The van der Waals surface area contributed by atoms with E-state index in [0.29, 0.717) is 42.7 Å². The van der Waals surface area contributed by atoms with Crippen LogP contribution in [0.2, 0.25) is 0 Å². The summed E-state index contributed by atoms with van der Waals surface area (Å²) >= 11 is 0. The average molecular weight is 503 g/mol. The van der Waals surface area contributed by atoms with E-state index in [9.17, 15) is 4.39 Å². The number of ether oxygens (including phenoxy) is 3. The lowest BCUT2D eigenvalue weighted by molar-refractivity contribution is 0.229. The van der Waals surface area contributed by atoms with Crippen molar-refractivity contribution in [3.63, 3.8) is 0 Å². The van der Waals surface area contributed by atoms with Crippen molar-refractivity contribution in [2.45, 2.75) is 26.9 Å². The highest BCUT2D eigenvalue weighted by Gasteiger charge is 2.08. The highest BCUT2D eigenvalue weighted by molar-refractivity contribution is 14.0. The molecule has 28 heavy (non-hydrogen) atoms. The Morgan fingerprint density at radius 3 is 2.54 bits per heavy atom. The van der Waals surface area contributed by atoms with Crippen molar-refractivity contribution in [1.82, 2.24) is 0 Å². The van der Waals surface area contributed by atoms with Gasteiger partial charge in [0, 0.05) is 12.1 Å². The van der Waals surface area contributed by atoms with Gasteiger partial charge in [-0.2, -0.15) is 0 Å². The highest BCUT2D eigenvalue weighted by atomic mass is 127. The van der Waals surface area contributed by atoms with Gasteiger partial charge in [-0.3, -0.25) is 0 Å².